The molecule has 4 rings (SSSR count). The van der Waals surface area contributed by atoms with Crippen molar-refractivity contribution in [3.05, 3.63) is 70.9 Å². The topological polar surface area (TPSA) is 42.6 Å². The lowest BCUT2D eigenvalue weighted by atomic mass is 9.92. The lowest BCUT2D eigenvalue weighted by Gasteiger charge is -2.23. The molecule has 2 aromatic carbocycles. The summed E-state index contributed by atoms with van der Waals surface area (Å²) in [6.07, 6.45) is 2.21. The first-order chi connectivity index (χ1) is 15.8. The molecule has 0 aliphatic rings. The van der Waals surface area contributed by atoms with Gasteiger partial charge in [-0.3, -0.25) is 0 Å². The average molecular weight is 454 g/mol. The molecule has 0 amide bonds. The highest BCUT2D eigenvalue weighted by atomic mass is 15.1. The predicted molar refractivity (Wildman–Crippen MR) is 141 cm³/mol. The van der Waals surface area contributed by atoms with Crippen molar-refractivity contribution < 1.29 is 4.57 Å². The Morgan fingerprint density at radius 1 is 0.735 bits per heavy atom. The van der Waals surface area contributed by atoms with Crippen LogP contribution in [0.25, 0.3) is 33.4 Å². The second-order valence-electron chi connectivity index (χ2n) is 11.6. The van der Waals surface area contributed by atoms with Crippen molar-refractivity contribution in [2.75, 3.05) is 0 Å². The van der Waals surface area contributed by atoms with Crippen molar-refractivity contribution >= 4 is 10.8 Å². The summed E-state index contributed by atoms with van der Waals surface area (Å²) < 4.78 is 2.22. The maximum atomic E-state index is 4.98. The maximum Gasteiger partial charge on any atom is 0.213 e. The summed E-state index contributed by atoms with van der Waals surface area (Å²) in [5.74, 6) is 2.39. The van der Waals surface area contributed by atoms with Crippen molar-refractivity contribution in [1.29, 1.82) is 0 Å². The highest BCUT2D eigenvalue weighted by Gasteiger charge is 2.26. The number of fused-ring (bicyclic) bond motifs is 1. The van der Waals surface area contributed by atoms with E-state index in [2.05, 4.69) is 117 Å². The normalized spacial score (nSPS) is 12.4. The van der Waals surface area contributed by atoms with E-state index < -0.39 is 0 Å². The third-order valence-electron chi connectivity index (χ3n) is 6.44. The molecule has 0 N–H and O–H groups in total. The number of benzene rings is 2. The quantitative estimate of drug-likeness (QED) is 0.317. The summed E-state index contributed by atoms with van der Waals surface area (Å²) in [6.45, 7) is 19.5. The summed E-state index contributed by atoms with van der Waals surface area (Å²) >= 11 is 0. The van der Waals surface area contributed by atoms with Gasteiger partial charge in [-0.05, 0) is 44.0 Å². The van der Waals surface area contributed by atoms with Gasteiger partial charge in [0.15, 0.2) is 12.0 Å². The van der Waals surface area contributed by atoms with Gasteiger partial charge >= 0.3 is 0 Å². The van der Waals surface area contributed by atoms with Crippen LogP contribution in [0.1, 0.15) is 69.9 Å². The van der Waals surface area contributed by atoms with E-state index in [1.807, 2.05) is 0 Å². The van der Waals surface area contributed by atoms with Crippen LogP contribution in [0, 0.1) is 20.8 Å². The van der Waals surface area contributed by atoms with E-state index in [1.54, 1.807) is 0 Å². The van der Waals surface area contributed by atoms with Crippen molar-refractivity contribution in [3.8, 4) is 22.6 Å². The van der Waals surface area contributed by atoms with Crippen LogP contribution in [0.5, 0.6) is 0 Å². The van der Waals surface area contributed by atoms with Gasteiger partial charge in [-0.15, -0.1) is 0 Å². The first-order valence-electron chi connectivity index (χ1n) is 12.0. The molecule has 0 spiro atoms. The van der Waals surface area contributed by atoms with Gasteiger partial charge in [0.25, 0.3) is 0 Å². The fourth-order valence-electron chi connectivity index (χ4n) is 4.31. The standard InChI is InChI=1S/C30H37N4/c1-18-14-19(2)20(3)23(15-18)25-16-24-21(17-34(25)10)12-11-13-22(24)26-31-27(29(4,5)6)33-28(32-26)30(7,8)9/h11-17H,1-10H3/q+1. The van der Waals surface area contributed by atoms with Crippen LogP contribution in [-0.4, -0.2) is 15.0 Å². The van der Waals surface area contributed by atoms with E-state index in [9.17, 15) is 0 Å². The van der Waals surface area contributed by atoms with Crippen molar-refractivity contribution in [1.82, 2.24) is 15.0 Å². The third-order valence-corrected chi connectivity index (χ3v) is 6.44. The SMILES string of the molecule is Cc1cc(C)c(C)c(-c2cc3c(-c4nc(C(C)(C)C)nc(C(C)(C)C)n4)cccc3c[n+]2C)c1. The number of hydrogen-bond donors (Lipinski definition) is 0. The molecule has 0 saturated carbocycles. The molecule has 0 fully saturated rings. The molecule has 0 atom stereocenters. The van der Waals surface area contributed by atoms with Crippen LogP contribution in [0.2, 0.25) is 0 Å². The zero-order valence-corrected chi connectivity index (χ0v) is 22.3. The van der Waals surface area contributed by atoms with E-state index >= 15 is 0 Å². The highest BCUT2D eigenvalue weighted by molar-refractivity contribution is 5.96. The van der Waals surface area contributed by atoms with Gasteiger partial charge in [0.2, 0.25) is 5.69 Å². The summed E-state index contributed by atoms with van der Waals surface area (Å²) in [5, 5.41) is 2.32. The van der Waals surface area contributed by atoms with Crippen molar-refractivity contribution in [3.63, 3.8) is 0 Å². The van der Waals surface area contributed by atoms with E-state index in [1.165, 1.54) is 33.3 Å². The second kappa shape index (κ2) is 8.26. The number of rotatable bonds is 2. The molecule has 34 heavy (non-hydrogen) atoms. The summed E-state index contributed by atoms with van der Waals surface area (Å²) in [6, 6.07) is 13.2. The number of aromatic nitrogens is 4. The van der Waals surface area contributed by atoms with E-state index in [-0.39, 0.29) is 10.8 Å². The van der Waals surface area contributed by atoms with Crippen molar-refractivity contribution in [2.45, 2.75) is 73.1 Å². The molecule has 4 nitrogen and oxygen atoms in total. The molecule has 0 unspecified atom stereocenters. The van der Waals surface area contributed by atoms with Crippen LogP contribution in [0.15, 0.2) is 42.6 Å². The minimum atomic E-state index is -0.171. The Morgan fingerprint density at radius 3 is 1.94 bits per heavy atom. The molecule has 0 saturated heterocycles. The van der Waals surface area contributed by atoms with Crippen LogP contribution in [0.4, 0.5) is 0 Å². The lowest BCUT2D eigenvalue weighted by molar-refractivity contribution is -0.659. The lowest BCUT2D eigenvalue weighted by Crippen LogP contribution is -2.30. The zero-order valence-electron chi connectivity index (χ0n) is 22.3. The molecule has 0 aliphatic carbocycles. The van der Waals surface area contributed by atoms with Gasteiger partial charge in [-0.25, -0.2) is 19.5 Å². The first kappa shape index (κ1) is 24.0. The summed E-state index contributed by atoms with van der Waals surface area (Å²) in [7, 11) is 2.12. The molecule has 0 aliphatic heterocycles. The fourth-order valence-corrected chi connectivity index (χ4v) is 4.31. The number of hydrogen-bond acceptors (Lipinski definition) is 3. The third kappa shape index (κ3) is 4.46. The number of aryl methyl sites for hydroxylation is 3. The Morgan fingerprint density at radius 2 is 1.35 bits per heavy atom. The predicted octanol–water partition coefficient (Wildman–Crippen LogP) is 6.70. The molecular weight excluding hydrogens is 416 g/mol. The van der Waals surface area contributed by atoms with E-state index in [4.69, 9.17) is 15.0 Å². The van der Waals surface area contributed by atoms with Gasteiger partial charge in [-0.2, -0.15) is 0 Å². The molecule has 2 heterocycles. The Kier molecular flexibility index (Phi) is 5.83. The number of pyridine rings is 1. The van der Waals surface area contributed by atoms with Gasteiger partial charge in [0, 0.05) is 38.8 Å². The minimum Gasteiger partial charge on any atom is -0.217 e. The van der Waals surface area contributed by atoms with Gasteiger partial charge in [-0.1, -0.05) is 65.3 Å². The molecule has 0 radical (unpaired) electrons. The van der Waals surface area contributed by atoms with Gasteiger partial charge < -0.3 is 0 Å². The highest BCUT2D eigenvalue weighted by Crippen LogP contribution is 2.33. The van der Waals surface area contributed by atoms with E-state index in [0.717, 1.165) is 28.4 Å². The molecule has 0 bridgehead atoms. The van der Waals surface area contributed by atoms with Gasteiger partial charge in [0.05, 0.1) is 0 Å². The first-order valence-corrected chi connectivity index (χ1v) is 12.0. The zero-order chi connectivity index (χ0) is 25.0. The summed E-state index contributed by atoms with van der Waals surface area (Å²) in [4.78, 5) is 14.8. The second-order valence-corrected chi connectivity index (χ2v) is 11.6. The largest absolute Gasteiger partial charge is 0.217 e. The minimum absolute atomic E-state index is 0.171. The molecule has 4 aromatic rings. The Balaban J connectivity index is 2.03. The van der Waals surface area contributed by atoms with Crippen LogP contribution >= 0.6 is 0 Å². The summed E-state index contributed by atoms with van der Waals surface area (Å²) in [5.41, 5.74) is 7.04. The van der Waals surface area contributed by atoms with Crippen LogP contribution in [-0.2, 0) is 17.9 Å². The van der Waals surface area contributed by atoms with Crippen LogP contribution in [0.3, 0.4) is 0 Å². The average Bonchev–Trinajstić information content (AvgIpc) is 2.74. The van der Waals surface area contributed by atoms with Crippen molar-refractivity contribution in [2.24, 2.45) is 7.05 Å². The Bertz CT molecular complexity index is 1370. The molecule has 2 aromatic heterocycles. The number of nitrogens with zero attached hydrogens (tertiary/aromatic N) is 4. The fraction of sp³-hybridized carbons (Fsp3) is 0.400. The molecule has 4 heteroatoms. The maximum absolute atomic E-state index is 4.98. The van der Waals surface area contributed by atoms with E-state index in [0.29, 0.717) is 0 Å². The molecular formula is C30H37N4+. The molecule has 176 valence electrons. The van der Waals surface area contributed by atoms with Crippen LogP contribution < -0.4 is 4.57 Å². The van der Waals surface area contributed by atoms with Gasteiger partial charge in [0.1, 0.15) is 18.7 Å². The Hall–Kier alpha value is -3.14. The monoisotopic (exact) mass is 453 g/mol. The smallest absolute Gasteiger partial charge is 0.213 e. The Labute approximate surface area is 204 Å².